The van der Waals surface area contributed by atoms with Gasteiger partial charge in [-0.1, -0.05) is 114 Å². The van der Waals surface area contributed by atoms with E-state index in [0.717, 1.165) is 18.4 Å². The average Bonchev–Trinajstić information content (AvgIpc) is 2.83. The number of nitrogens with zero attached hydrogens (tertiary/aromatic N) is 1. The maximum Gasteiger partial charge on any atom is 0.276 e. The van der Waals surface area contributed by atoms with E-state index in [4.69, 9.17) is 0 Å². The molecular weight excluding hydrogens is 412 g/mol. The van der Waals surface area contributed by atoms with Gasteiger partial charge in [-0.3, -0.25) is 14.9 Å². The number of rotatable bonds is 16. The Hall–Kier alpha value is -2.95. The minimum atomic E-state index is -0.419. The van der Waals surface area contributed by atoms with E-state index in [2.05, 4.69) is 12.2 Å². The summed E-state index contributed by atoms with van der Waals surface area (Å²) >= 11 is 0. The number of nitrogens with one attached hydrogen (secondary N) is 1. The minimum absolute atomic E-state index is 0.0101. The van der Waals surface area contributed by atoms with Gasteiger partial charge in [0.1, 0.15) is 0 Å². The molecule has 0 saturated carbocycles. The predicted molar refractivity (Wildman–Crippen MR) is 137 cm³/mol. The van der Waals surface area contributed by atoms with Gasteiger partial charge in [-0.05, 0) is 24.1 Å². The van der Waals surface area contributed by atoms with Gasteiger partial charge in [-0.2, -0.15) is 0 Å². The van der Waals surface area contributed by atoms with Crippen LogP contribution in [0.15, 0.2) is 54.6 Å². The van der Waals surface area contributed by atoms with E-state index in [9.17, 15) is 14.9 Å². The van der Waals surface area contributed by atoms with E-state index in [1.54, 1.807) is 24.3 Å². The number of carbonyl (C=O) groups is 1. The summed E-state index contributed by atoms with van der Waals surface area (Å²) in [5.74, 6) is -0.202. The molecule has 0 atom stereocenters. The molecule has 2 aromatic rings. The van der Waals surface area contributed by atoms with Gasteiger partial charge in [-0.15, -0.1) is 0 Å². The fourth-order valence-corrected chi connectivity index (χ4v) is 3.92. The second kappa shape index (κ2) is 15.8. The van der Waals surface area contributed by atoms with Gasteiger partial charge in [0.25, 0.3) is 11.6 Å². The van der Waals surface area contributed by atoms with Crippen LogP contribution >= 0.6 is 0 Å². The van der Waals surface area contributed by atoms with Gasteiger partial charge in [0.15, 0.2) is 0 Å². The van der Waals surface area contributed by atoms with Crippen LogP contribution in [0.5, 0.6) is 0 Å². The van der Waals surface area contributed by atoms with E-state index in [1.807, 2.05) is 30.3 Å². The lowest BCUT2D eigenvalue weighted by atomic mass is 10.0. The molecule has 5 nitrogen and oxygen atoms in total. The summed E-state index contributed by atoms with van der Waals surface area (Å²) in [5, 5.41) is 14.4. The topological polar surface area (TPSA) is 72.2 Å². The number of nitro benzene ring substituents is 1. The molecule has 0 aliphatic carbocycles. The molecule has 0 saturated heterocycles. The zero-order valence-electron chi connectivity index (χ0n) is 19.9. The molecule has 2 rings (SSSR count). The number of hydrogen-bond donors (Lipinski definition) is 1. The van der Waals surface area contributed by atoms with Crippen molar-refractivity contribution in [1.82, 2.24) is 5.32 Å². The van der Waals surface area contributed by atoms with Crippen LogP contribution in [-0.2, 0) is 4.79 Å². The molecule has 0 spiro atoms. The summed E-state index contributed by atoms with van der Waals surface area (Å²) in [4.78, 5) is 23.9. The summed E-state index contributed by atoms with van der Waals surface area (Å²) in [6.45, 7) is 2.85. The summed E-state index contributed by atoms with van der Waals surface area (Å²) in [5.41, 5.74) is 1.59. The lowest BCUT2D eigenvalue weighted by Gasteiger charge is -2.10. The van der Waals surface area contributed by atoms with E-state index in [-0.39, 0.29) is 11.6 Å². The molecule has 0 aliphatic rings. The first kappa shape index (κ1) is 26.3. The van der Waals surface area contributed by atoms with Crippen molar-refractivity contribution in [2.75, 3.05) is 6.54 Å². The minimum Gasteiger partial charge on any atom is -0.352 e. The highest BCUT2D eigenvalue weighted by Gasteiger charge is 2.16. The van der Waals surface area contributed by atoms with E-state index < -0.39 is 4.92 Å². The monoisotopic (exact) mass is 450 g/mol. The third-order valence-electron chi connectivity index (χ3n) is 5.83. The highest BCUT2D eigenvalue weighted by atomic mass is 16.6. The van der Waals surface area contributed by atoms with Crippen molar-refractivity contribution in [3.05, 3.63) is 75.8 Å². The Kier molecular flexibility index (Phi) is 12.6. The molecule has 0 aliphatic heterocycles. The normalized spacial score (nSPS) is 11.4. The Morgan fingerprint density at radius 2 is 1.36 bits per heavy atom. The van der Waals surface area contributed by atoms with Crippen molar-refractivity contribution >= 4 is 23.2 Å². The van der Waals surface area contributed by atoms with E-state index in [0.29, 0.717) is 17.7 Å². The lowest BCUT2D eigenvalue weighted by molar-refractivity contribution is -0.385. The quantitative estimate of drug-likeness (QED) is 0.0942. The van der Waals surface area contributed by atoms with Crippen LogP contribution in [-0.4, -0.2) is 17.4 Å². The molecule has 0 radical (unpaired) electrons. The first-order valence-electron chi connectivity index (χ1n) is 12.4. The fraction of sp³-hybridized carbons (Fsp3) is 0.464. The van der Waals surface area contributed by atoms with Gasteiger partial charge in [-0.25, -0.2) is 0 Å². The largest absolute Gasteiger partial charge is 0.352 e. The molecule has 5 heteroatoms. The van der Waals surface area contributed by atoms with Crippen molar-refractivity contribution < 1.29 is 9.72 Å². The van der Waals surface area contributed by atoms with Crippen LogP contribution in [0.1, 0.15) is 88.7 Å². The maximum absolute atomic E-state index is 13.0. The number of para-hydroxylation sites is 1. The first-order chi connectivity index (χ1) is 16.1. The zero-order valence-corrected chi connectivity index (χ0v) is 19.9. The molecule has 2 aromatic carbocycles. The number of amides is 1. The van der Waals surface area contributed by atoms with Crippen LogP contribution < -0.4 is 5.32 Å². The van der Waals surface area contributed by atoms with Gasteiger partial charge < -0.3 is 5.32 Å². The Morgan fingerprint density at radius 1 is 0.818 bits per heavy atom. The number of hydrogen-bond acceptors (Lipinski definition) is 3. The van der Waals surface area contributed by atoms with Gasteiger partial charge >= 0.3 is 0 Å². The SMILES string of the molecule is CCCCCCCCCCCCCNC(=O)/C(=C/c1ccccc1[N+](=O)[O-])c1ccccc1. The molecule has 1 N–H and O–H groups in total. The van der Waals surface area contributed by atoms with Gasteiger partial charge in [0, 0.05) is 18.2 Å². The number of benzene rings is 2. The molecule has 0 heterocycles. The number of nitro groups is 1. The number of carbonyl (C=O) groups excluding carboxylic acids is 1. The Morgan fingerprint density at radius 3 is 1.97 bits per heavy atom. The van der Waals surface area contributed by atoms with E-state index in [1.165, 1.54) is 63.9 Å². The Labute approximate surface area is 198 Å². The highest BCUT2D eigenvalue weighted by Crippen LogP contribution is 2.25. The van der Waals surface area contributed by atoms with Crippen molar-refractivity contribution in [2.45, 2.75) is 77.6 Å². The summed E-state index contributed by atoms with van der Waals surface area (Å²) < 4.78 is 0. The van der Waals surface area contributed by atoms with Crippen LogP contribution in [0.4, 0.5) is 5.69 Å². The Bertz CT molecular complexity index is 878. The van der Waals surface area contributed by atoms with Gasteiger partial charge in [0.05, 0.1) is 10.5 Å². The zero-order chi connectivity index (χ0) is 23.7. The standard InChI is InChI=1S/C28H38N2O3/c1-2-3-4-5-6-7-8-9-10-11-17-22-29-28(31)26(24-18-13-12-14-19-24)23-25-20-15-16-21-27(25)30(32)33/h12-16,18-21,23H,2-11,17,22H2,1H3,(H,29,31)/b26-23+. The fourth-order valence-electron chi connectivity index (χ4n) is 3.92. The lowest BCUT2D eigenvalue weighted by Crippen LogP contribution is -2.25. The van der Waals surface area contributed by atoms with Crippen molar-refractivity contribution in [1.29, 1.82) is 0 Å². The molecule has 0 unspecified atom stereocenters. The van der Waals surface area contributed by atoms with Crippen molar-refractivity contribution in [3.63, 3.8) is 0 Å². The summed E-state index contributed by atoms with van der Waals surface area (Å²) in [6, 6.07) is 15.8. The Balaban J connectivity index is 1.83. The smallest absolute Gasteiger partial charge is 0.276 e. The van der Waals surface area contributed by atoms with Gasteiger partial charge in [0.2, 0.25) is 0 Å². The van der Waals surface area contributed by atoms with E-state index >= 15 is 0 Å². The molecular formula is C28H38N2O3. The summed E-state index contributed by atoms with van der Waals surface area (Å²) in [6.07, 6.45) is 15.5. The highest BCUT2D eigenvalue weighted by molar-refractivity contribution is 6.24. The first-order valence-corrected chi connectivity index (χ1v) is 12.4. The molecule has 0 fully saturated rings. The van der Waals surface area contributed by atoms with Crippen LogP contribution in [0.2, 0.25) is 0 Å². The molecule has 178 valence electrons. The molecule has 33 heavy (non-hydrogen) atoms. The summed E-state index contributed by atoms with van der Waals surface area (Å²) in [7, 11) is 0. The second-order valence-electron chi connectivity index (χ2n) is 8.53. The van der Waals surface area contributed by atoms with Crippen LogP contribution in [0.3, 0.4) is 0 Å². The molecule has 0 bridgehead atoms. The molecule has 0 aromatic heterocycles. The van der Waals surface area contributed by atoms with Crippen LogP contribution in [0, 0.1) is 10.1 Å². The third kappa shape index (κ3) is 10.0. The van der Waals surface area contributed by atoms with Crippen molar-refractivity contribution in [2.24, 2.45) is 0 Å². The average molecular weight is 451 g/mol. The van der Waals surface area contributed by atoms with Crippen LogP contribution in [0.25, 0.3) is 11.6 Å². The molecule has 1 amide bonds. The predicted octanol–water partition coefficient (Wildman–Crippen LogP) is 7.56. The maximum atomic E-state index is 13.0. The second-order valence-corrected chi connectivity index (χ2v) is 8.53. The third-order valence-corrected chi connectivity index (χ3v) is 5.83. The van der Waals surface area contributed by atoms with Crippen molar-refractivity contribution in [3.8, 4) is 0 Å². The number of unbranched alkanes of at least 4 members (excludes halogenated alkanes) is 10.